The largest absolute Gasteiger partial charge is 2.00 e. The van der Waals surface area contributed by atoms with E-state index in [9.17, 15) is 19.8 Å². The second-order valence-corrected chi connectivity index (χ2v) is 7.99. The zero-order valence-electron chi connectivity index (χ0n) is 19.0. The van der Waals surface area contributed by atoms with Crippen molar-refractivity contribution < 1.29 is 24.9 Å². The maximum Gasteiger partial charge on any atom is 2.00 e. The van der Waals surface area contributed by atoms with E-state index in [4.69, 9.17) is 5.11 Å². The Morgan fingerprint density at radius 1 is 0.733 bits per heavy atom. The van der Waals surface area contributed by atoms with Gasteiger partial charge in [-0.2, -0.15) is 0 Å². The Morgan fingerprint density at radius 3 is 1.50 bits per heavy atom. The van der Waals surface area contributed by atoms with E-state index >= 15 is 0 Å². The van der Waals surface area contributed by atoms with E-state index < -0.39 is 30.3 Å². The second-order valence-electron chi connectivity index (χ2n) is 7.99. The van der Waals surface area contributed by atoms with Crippen molar-refractivity contribution in [2.24, 2.45) is 4.99 Å². The number of nitrogens with zero attached hydrogens (tertiary/aromatic N) is 1. The van der Waals surface area contributed by atoms with E-state index in [1.165, 1.54) is 77.0 Å². The molecule has 0 bridgehead atoms. The van der Waals surface area contributed by atoms with Crippen LogP contribution in [0.5, 0.6) is 0 Å². The summed E-state index contributed by atoms with van der Waals surface area (Å²) in [4.78, 5) is 25.0. The Hall–Kier alpha value is -0.0186. The first-order valence-corrected chi connectivity index (χ1v) is 11.6. The summed E-state index contributed by atoms with van der Waals surface area (Å²) in [6.07, 6.45) is 18.3. The third-order valence-electron chi connectivity index (χ3n) is 5.20. The first kappa shape index (κ1) is 32.2. The molecule has 30 heavy (non-hydrogen) atoms. The third kappa shape index (κ3) is 22.7. The summed E-state index contributed by atoms with van der Waals surface area (Å²) in [5, 5.41) is 31.1. The Kier molecular flexibility index (Phi) is 25.3. The summed E-state index contributed by atoms with van der Waals surface area (Å²) >= 11 is 0. The smallest absolute Gasteiger partial charge is 0.862 e. The third-order valence-corrected chi connectivity index (χ3v) is 5.20. The van der Waals surface area contributed by atoms with Crippen LogP contribution >= 0.6 is 0 Å². The van der Waals surface area contributed by atoms with Crippen LogP contribution in [0.25, 0.3) is 0 Å². The molecular weight excluding hydrogens is 508 g/mol. The second kappa shape index (κ2) is 23.6. The van der Waals surface area contributed by atoms with Gasteiger partial charge in [0.25, 0.3) is 0 Å². The molecule has 0 amide bonds. The monoisotopic (exact) mass is 549 g/mol. The first-order chi connectivity index (χ1) is 14.0. The molecule has 0 fully saturated rings. The van der Waals surface area contributed by atoms with E-state index in [1.807, 2.05) is 0 Å². The molecule has 0 saturated heterocycles. The van der Waals surface area contributed by atoms with Crippen LogP contribution in [0, 0.1) is 0 Å². The van der Waals surface area contributed by atoms with Gasteiger partial charge in [-0.1, -0.05) is 96.8 Å². The Bertz CT molecular complexity index is 457. The quantitative estimate of drug-likeness (QED) is 0.102. The molecule has 0 saturated carbocycles. The predicted molar refractivity (Wildman–Crippen MR) is 118 cm³/mol. The molecule has 6 nitrogen and oxygen atoms in total. The zero-order valence-corrected chi connectivity index (χ0v) is 23.5. The fourth-order valence-corrected chi connectivity index (χ4v) is 3.38. The molecule has 170 valence electrons. The number of unbranched alkanes of at least 4 members (excludes halogenated alkanes) is 14. The van der Waals surface area contributed by atoms with Crippen LogP contribution in [0.3, 0.4) is 0 Å². The minimum Gasteiger partial charge on any atom is -0.862 e. The van der Waals surface area contributed by atoms with E-state index in [-0.39, 0.29) is 61.7 Å². The molecule has 0 aliphatic rings. The van der Waals surface area contributed by atoms with E-state index in [0.29, 0.717) is 6.42 Å². The molecule has 0 rings (SSSR count). The Morgan fingerprint density at radius 2 is 1.13 bits per heavy atom. The molecule has 0 spiro atoms. The van der Waals surface area contributed by atoms with Gasteiger partial charge >= 0.3 is 54.9 Å². The number of carboxylic acids is 2. The molecule has 1 atom stereocenters. The topological polar surface area (TPSA) is 113 Å². The standard InChI is InChI=1S/C23H43NO5.Ba/c1-2-3-4-5-6-7-8-9-10-11-12-13-14-15-16-17-21(25)24-20(23(28)29)18-19-22(26)27;/h20H,2-19H2,1H3,(H,24,25)(H,26,27)(H,28,29);/q;+2/p-2/t20-;/m0./s1. The van der Waals surface area contributed by atoms with Crippen molar-refractivity contribution in [1.82, 2.24) is 0 Å². The van der Waals surface area contributed by atoms with Crippen LogP contribution in [-0.2, 0) is 9.59 Å². The molecule has 0 radical (unpaired) electrons. The van der Waals surface area contributed by atoms with Gasteiger partial charge in [0.2, 0.25) is 0 Å². The summed E-state index contributed by atoms with van der Waals surface area (Å²) < 4.78 is 0. The summed E-state index contributed by atoms with van der Waals surface area (Å²) in [5.74, 6) is -3.05. The number of hydrogen-bond donors (Lipinski definition) is 1. The molecular formula is C23H41BaNO5. The predicted octanol–water partition coefficient (Wildman–Crippen LogP) is 3.61. The van der Waals surface area contributed by atoms with E-state index in [1.54, 1.807) is 0 Å². The average molecular weight is 549 g/mol. The number of carboxylic acid groups (broad SMARTS) is 2. The summed E-state index contributed by atoms with van der Waals surface area (Å²) in [5.41, 5.74) is 0. The molecule has 0 aliphatic heterocycles. The molecule has 0 aromatic carbocycles. The fraction of sp³-hybridized carbons (Fsp3) is 0.870. The van der Waals surface area contributed by atoms with Crippen LogP contribution in [0.4, 0.5) is 0 Å². The van der Waals surface area contributed by atoms with Crippen LogP contribution < -0.4 is 10.2 Å². The van der Waals surface area contributed by atoms with Gasteiger partial charge in [-0.15, -0.1) is 0 Å². The average Bonchev–Trinajstić information content (AvgIpc) is 2.67. The van der Waals surface area contributed by atoms with E-state index in [0.717, 1.165) is 12.8 Å². The van der Waals surface area contributed by atoms with Gasteiger partial charge in [-0.05, 0) is 31.6 Å². The maximum absolute atomic E-state index is 11.7. The van der Waals surface area contributed by atoms with Crippen molar-refractivity contribution in [2.45, 2.75) is 129 Å². The number of carbonyl (C=O) groups excluding carboxylic acids is 1. The van der Waals surface area contributed by atoms with Crippen molar-refractivity contribution in [3.63, 3.8) is 0 Å². The SMILES string of the molecule is CCCCCCCCCCCCCCCCCC([O-])=N[C@@H](CCC(=O)[O-])C(=O)O.[Ba+2]. The number of carbonyl (C=O) groups is 2. The summed E-state index contributed by atoms with van der Waals surface area (Å²) in [7, 11) is 0. The van der Waals surface area contributed by atoms with Crippen LogP contribution in [-0.4, -0.2) is 77.9 Å². The number of hydrogen-bond acceptors (Lipinski definition) is 5. The Labute approximate surface area is 223 Å². The minimum atomic E-state index is -1.33. The van der Waals surface area contributed by atoms with Crippen molar-refractivity contribution in [3.8, 4) is 0 Å². The van der Waals surface area contributed by atoms with Gasteiger partial charge in [0.15, 0.2) is 0 Å². The van der Waals surface area contributed by atoms with E-state index in [2.05, 4.69) is 11.9 Å². The number of aliphatic imine (C=N–C) groups is 1. The zero-order chi connectivity index (χ0) is 21.7. The molecule has 0 unspecified atom stereocenters. The molecule has 7 heteroatoms. The van der Waals surface area contributed by atoms with Crippen LogP contribution in [0.1, 0.15) is 122 Å². The van der Waals surface area contributed by atoms with Gasteiger partial charge in [-0.25, -0.2) is 4.79 Å². The van der Waals surface area contributed by atoms with Gasteiger partial charge in [-0.3, -0.25) is 4.99 Å². The van der Waals surface area contributed by atoms with Gasteiger partial charge < -0.3 is 20.1 Å². The van der Waals surface area contributed by atoms with Crippen molar-refractivity contribution in [3.05, 3.63) is 0 Å². The van der Waals surface area contributed by atoms with Crippen molar-refractivity contribution in [1.29, 1.82) is 0 Å². The van der Waals surface area contributed by atoms with Crippen LogP contribution in [0.15, 0.2) is 4.99 Å². The number of rotatable bonds is 21. The van der Waals surface area contributed by atoms with Crippen LogP contribution in [0.2, 0.25) is 0 Å². The Balaban J connectivity index is 0. The molecule has 0 aromatic rings. The summed E-state index contributed by atoms with van der Waals surface area (Å²) in [6, 6.07) is -1.28. The number of aliphatic carboxylic acids is 2. The first-order valence-electron chi connectivity index (χ1n) is 11.6. The minimum absolute atomic E-state index is 0. The van der Waals surface area contributed by atoms with Crippen molar-refractivity contribution >= 4 is 66.7 Å². The van der Waals surface area contributed by atoms with Gasteiger partial charge in [0.1, 0.15) is 6.04 Å². The normalized spacial score (nSPS) is 12.4. The molecule has 0 aromatic heterocycles. The fourth-order valence-electron chi connectivity index (χ4n) is 3.38. The maximum atomic E-state index is 11.7. The summed E-state index contributed by atoms with van der Waals surface area (Å²) in [6.45, 7) is 2.25. The van der Waals surface area contributed by atoms with Gasteiger partial charge in [0.05, 0.1) is 0 Å². The molecule has 0 aliphatic carbocycles. The molecule has 1 N–H and O–H groups in total. The van der Waals surface area contributed by atoms with Crippen molar-refractivity contribution in [2.75, 3.05) is 0 Å². The van der Waals surface area contributed by atoms with Gasteiger partial charge in [0, 0.05) is 5.97 Å². The molecule has 0 heterocycles.